The molecule has 8 heteroatoms. The molecule has 2 aromatic rings. The molecule has 2 rings (SSSR count). The molecular weight excluding hydrogens is 342 g/mol. The summed E-state index contributed by atoms with van der Waals surface area (Å²) in [6.07, 6.45) is 0.0305. The van der Waals surface area contributed by atoms with Crippen LogP contribution >= 0.6 is 0 Å². The number of aliphatic carboxylic acids is 1. The van der Waals surface area contributed by atoms with E-state index in [1.807, 2.05) is 0 Å². The Hall–Kier alpha value is -3.42. The molecule has 0 unspecified atom stereocenters. The Bertz CT molecular complexity index is 769. The van der Waals surface area contributed by atoms with Gasteiger partial charge in [0, 0.05) is 18.9 Å². The molecule has 0 radical (unpaired) electrons. The lowest BCUT2D eigenvalue weighted by molar-refractivity contribution is -0.141. The third-order valence-corrected chi connectivity index (χ3v) is 3.43. The molecule has 6 N–H and O–H groups in total. The number of carboxylic acid groups (broad SMARTS) is 1. The smallest absolute Gasteiger partial charge is 0.326 e. The Morgan fingerprint density at radius 2 is 1.54 bits per heavy atom. The highest BCUT2D eigenvalue weighted by Gasteiger charge is 2.19. The number of carbonyl (C=O) groups is 2. The standard InChI is InChI=1S/C11H13NO5.C7H8O2/c1-6(13)12-8(11(16)17)4-7-2-3-9(14)10(15)5-7;1-5-6(8)3-2-4-7(5)9/h2-3,5,8,14-15H,4H2,1H3,(H,12,13)(H,16,17);2-4,8-9H,1H3/t8-;/m0./s1. The fourth-order valence-corrected chi connectivity index (χ4v) is 1.99. The highest BCUT2D eigenvalue weighted by atomic mass is 16.4. The molecule has 0 aliphatic rings. The number of aromatic hydroxyl groups is 4. The minimum atomic E-state index is -1.16. The monoisotopic (exact) mass is 363 g/mol. The van der Waals surface area contributed by atoms with Gasteiger partial charge in [0.2, 0.25) is 5.91 Å². The molecule has 0 fully saturated rings. The van der Waals surface area contributed by atoms with E-state index in [4.69, 9.17) is 20.4 Å². The van der Waals surface area contributed by atoms with E-state index in [2.05, 4.69) is 5.32 Å². The summed E-state index contributed by atoms with van der Waals surface area (Å²) in [6.45, 7) is 2.88. The van der Waals surface area contributed by atoms with E-state index in [9.17, 15) is 14.7 Å². The predicted octanol–water partition coefficient (Wildman–Crippen LogP) is 1.64. The molecule has 1 atom stereocenters. The van der Waals surface area contributed by atoms with E-state index >= 15 is 0 Å². The van der Waals surface area contributed by atoms with Crippen LogP contribution in [0.25, 0.3) is 0 Å². The minimum Gasteiger partial charge on any atom is -0.508 e. The largest absolute Gasteiger partial charge is 0.508 e. The molecule has 0 aliphatic heterocycles. The van der Waals surface area contributed by atoms with Crippen LogP contribution in [0.4, 0.5) is 0 Å². The van der Waals surface area contributed by atoms with Gasteiger partial charge in [-0.05, 0) is 36.8 Å². The van der Waals surface area contributed by atoms with Crippen molar-refractivity contribution in [2.45, 2.75) is 26.3 Å². The number of phenolic OH excluding ortho intramolecular Hbond substituents is 4. The zero-order chi connectivity index (χ0) is 19.9. The van der Waals surface area contributed by atoms with E-state index in [1.165, 1.54) is 37.3 Å². The van der Waals surface area contributed by atoms with Gasteiger partial charge in [0.1, 0.15) is 17.5 Å². The Morgan fingerprint density at radius 3 is 1.96 bits per heavy atom. The van der Waals surface area contributed by atoms with E-state index in [0.29, 0.717) is 11.1 Å². The molecular formula is C18H21NO7. The molecule has 0 bridgehead atoms. The number of hydrogen-bond acceptors (Lipinski definition) is 6. The van der Waals surface area contributed by atoms with Crippen LogP contribution in [0, 0.1) is 6.92 Å². The first-order valence-electron chi connectivity index (χ1n) is 7.60. The van der Waals surface area contributed by atoms with Gasteiger partial charge in [-0.25, -0.2) is 4.79 Å². The van der Waals surface area contributed by atoms with Crippen LogP contribution in [0.15, 0.2) is 36.4 Å². The van der Waals surface area contributed by atoms with Crippen LogP contribution in [0.1, 0.15) is 18.1 Å². The first-order chi connectivity index (χ1) is 12.1. The topological polar surface area (TPSA) is 147 Å². The number of carbonyl (C=O) groups excluding carboxylic acids is 1. The number of hydrogen-bond donors (Lipinski definition) is 6. The number of phenols is 4. The van der Waals surface area contributed by atoms with Gasteiger partial charge < -0.3 is 30.8 Å². The van der Waals surface area contributed by atoms with Gasteiger partial charge in [0.15, 0.2) is 11.5 Å². The molecule has 2 aromatic carbocycles. The summed E-state index contributed by atoms with van der Waals surface area (Å²) in [5.41, 5.74) is 1.03. The van der Waals surface area contributed by atoms with Crippen molar-refractivity contribution in [3.05, 3.63) is 47.5 Å². The summed E-state index contributed by atoms with van der Waals surface area (Å²) in [6, 6.07) is 7.61. The van der Waals surface area contributed by atoms with E-state index in [1.54, 1.807) is 13.0 Å². The van der Waals surface area contributed by atoms with Crippen molar-refractivity contribution in [3.8, 4) is 23.0 Å². The predicted molar refractivity (Wildman–Crippen MR) is 93.2 cm³/mol. The van der Waals surface area contributed by atoms with Crippen molar-refractivity contribution < 1.29 is 35.1 Å². The Kier molecular flexibility index (Phi) is 7.27. The summed E-state index contributed by atoms with van der Waals surface area (Å²) in [7, 11) is 0. The zero-order valence-corrected chi connectivity index (χ0v) is 14.3. The fraction of sp³-hybridized carbons (Fsp3) is 0.222. The van der Waals surface area contributed by atoms with Crippen LogP contribution in [-0.4, -0.2) is 43.5 Å². The summed E-state index contributed by atoms with van der Waals surface area (Å²) < 4.78 is 0. The van der Waals surface area contributed by atoms with Crippen LogP contribution in [0.2, 0.25) is 0 Å². The van der Waals surface area contributed by atoms with Crippen LogP contribution in [0.5, 0.6) is 23.0 Å². The molecule has 8 nitrogen and oxygen atoms in total. The van der Waals surface area contributed by atoms with Crippen molar-refractivity contribution >= 4 is 11.9 Å². The van der Waals surface area contributed by atoms with Crippen LogP contribution in [-0.2, 0) is 16.0 Å². The maximum absolute atomic E-state index is 10.9. The van der Waals surface area contributed by atoms with E-state index < -0.39 is 17.9 Å². The number of rotatable bonds is 4. The summed E-state index contributed by atoms with van der Waals surface area (Å²) in [5, 5.41) is 47.4. The van der Waals surface area contributed by atoms with Gasteiger partial charge in [-0.15, -0.1) is 0 Å². The van der Waals surface area contributed by atoms with Gasteiger partial charge in [0.25, 0.3) is 0 Å². The SMILES string of the molecule is CC(=O)N[C@@H](Cc1ccc(O)c(O)c1)C(=O)O.Cc1c(O)cccc1O. The Labute approximate surface area is 150 Å². The second kappa shape index (κ2) is 9.16. The molecule has 140 valence electrons. The quantitative estimate of drug-likeness (QED) is 0.452. The van der Waals surface area contributed by atoms with Gasteiger partial charge >= 0.3 is 5.97 Å². The maximum atomic E-state index is 10.9. The number of nitrogens with one attached hydrogen (secondary N) is 1. The second-order valence-electron chi connectivity index (χ2n) is 5.54. The average molecular weight is 363 g/mol. The molecule has 0 aromatic heterocycles. The van der Waals surface area contributed by atoms with Gasteiger partial charge in [-0.1, -0.05) is 12.1 Å². The summed E-state index contributed by atoms with van der Waals surface area (Å²) >= 11 is 0. The number of benzene rings is 2. The highest BCUT2D eigenvalue weighted by Crippen LogP contribution is 2.25. The maximum Gasteiger partial charge on any atom is 0.326 e. The lowest BCUT2D eigenvalue weighted by Gasteiger charge is -2.13. The zero-order valence-electron chi connectivity index (χ0n) is 14.3. The van der Waals surface area contributed by atoms with E-state index in [-0.39, 0.29) is 29.4 Å². The van der Waals surface area contributed by atoms with Gasteiger partial charge in [-0.3, -0.25) is 4.79 Å². The molecule has 0 aliphatic carbocycles. The normalized spacial score (nSPS) is 11.0. The molecule has 0 saturated carbocycles. The lowest BCUT2D eigenvalue weighted by Crippen LogP contribution is -2.41. The van der Waals surface area contributed by atoms with Crippen LogP contribution < -0.4 is 5.32 Å². The van der Waals surface area contributed by atoms with E-state index in [0.717, 1.165) is 0 Å². The van der Waals surface area contributed by atoms with Crippen molar-refractivity contribution in [1.29, 1.82) is 0 Å². The van der Waals surface area contributed by atoms with Crippen molar-refractivity contribution in [2.75, 3.05) is 0 Å². The third-order valence-electron chi connectivity index (χ3n) is 3.43. The molecule has 0 saturated heterocycles. The Morgan fingerprint density at radius 1 is 0.962 bits per heavy atom. The second-order valence-corrected chi connectivity index (χ2v) is 5.54. The summed E-state index contributed by atoms with van der Waals surface area (Å²) in [5.74, 6) is -1.94. The van der Waals surface area contributed by atoms with Crippen molar-refractivity contribution in [2.24, 2.45) is 0 Å². The summed E-state index contributed by atoms with van der Waals surface area (Å²) in [4.78, 5) is 21.7. The van der Waals surface area contributed by atoms with Gasteiger partial charge in [0.05, 0.1) is 0 Å². The van der Waals surface area contributed by atoms with Crippen LogP contribution in [0.3, 0.4) is 0 Å². The van der Waals surface area contributed by atoms with Crippen molar-refractivity contribution in [3.63, 3.8) is 0 Å². The first kappa shape index (κ1) is 20.6. The molecule has 0 heterocycles. The minimum absolute atomic E-state index is 0.0305. The lowest BCUT2D eigenvalue weighted by atomic mass is 10.1. The van der Waals surface area contributed by atoms with Gasteiger partial charge in [-0.2, -0.15) is 0 Å². The molecule has 26 heavy (non-hydrogen) atoms. The fourth-order valence-electron chi connectivity index (χ4n) is 1.99. The first-order valence-corrected chi connectivity index (χ1v) is 7.60. The highest BCUT2D eigenvalue weighted by molar-refractivity contribution is 5.82. The molecule has 1 amide bonds. The average Bonchev–Trinajstić information content (AvgIpc) is 2.55. The third kappa shape index (κ3) is 6.23. The Balaban J connectivity index is 0.000000314. The number of carboxylic acids is 1. The molecule has 0 spiro atoms. The number of amides is 1. The van der Waals surface area contributed by atoms with Crippen molar-refractivity contribution in [1.82, 2.24) is 5.32 Å².